The van der Waals surface area contributed by atoms with Crippen molar-refractivity contribution in [3.05, 3.63) is 34.9 Å². The first-order valence-electron chi connectivity index (χ1n) is 9.45. The normalized spacial score (nSPS) is 35.3. The quantitative estimate of drug-likeness (QED) is 0.763. The molecular formula is C20H21ClN2O3. The Morgan fingerprint density at radius 2 is 1.77 bits per heavy atom. The molecule has 1 aromatic carbocycles. The first-order chi connectivity index (χ1) is 12.5. The molecule has 0 bridgehead atoms. The molecule has 6 heteroatoms. The molecule has 136 valence electrons. The largest absolute Gasteiger partial charge is 0.333 e. The van der Waals surface area contributed by atoms with Crippen LogP contribution in [0.5, 0.6) is 0 Å². The van der Waals surface area contributed by atoms with Crippen molar-refractivity contribution in [2.24, 2.45) is 23.7 Å². The lowest BCUT2D eigenvalue weighted by molar-refractivity contribution is -0.144. The predicted octanol–water partition coefficient (Wildman–Crippen LogP) is 3.11. The lowest BCUT2D eigenvalue weighted by Crippen LogP contribution is -2.59. The molecule has 1 aliphatic heterocycles. The van der Waals surface area contributed by atoms with Crippen LogP contribution >= 0.6 is 11.6 Å². The van der Waals surface area contributed by atoms with E-state index < -0.39 is 6.03 Å². The lowest BCUT2D eigenvalue weighted by atomic mass is 10.0. The summed E-state index contributed by atoms with van der Waals surface area (Å²) in [6.45, 7) is 0.302. The third-order valence-electron chi connectivity index (χ3n) is 6.87. The summed E-state index contributed by atoms with van der Waals surface area (Å²) in [5, 5.41) is 0.658. The van der Waals surface area contributed by atoms with E-state index >= 15 is 0 Å². The van der Waals surface area contributed by atoms with Crippen molar-refractivity contribution in [1.82, 2.24) is 9.80 Å². The molecule has 5 atom stereocenters. The van der Waals surface area contributed by atoms with Crippen LogP contribution in [-0.2, 0) is 16.0 Å². The SMILES string of the molecule is O=C1CC(=O)N(C2CC3CCC4C3C42)C(=O)N1CCc1ccc(Cl)cc1. The number of barbiturate groups is 1. The van der Waals surface area contributed by atoms with Crippen molar-refractivity contribution in [1.29, 1.82) is 0 Å². The van der Waals surface area contributed by atoms with E-state index in [1.807, 2.05) is 12.1 Å². The Morgan fingerprint density at radius 1 is 1.00 bits per heavy atom. The summed E-state index contributed by atoms with van der Waals surface area (Å²) in [5.74, 6) is 1.92. The van der Waals surface area contributed by atoms with Crippen LogP contribution in [0.1, 0.15) is 31.2 Å². The number of carbonyl (C=O) groups excluding carboxylic acids is 3. The van der Waals surface area contributed by atoms with Gasteiger partial charge in [-0.25, -0.2) is 4.79 Å². The highest BCUT2D eigenvalue weighted by molar-refractivity contribution is 6.30. The summed E-state index contributed by atoms with van der Waals surface area (Å²) in [5.41, 5.74) is 1.01. The predicted molar refractivity (Wildman–Crippen MR) is 95.3 cm³/mol. The zero-order valence-electron chi connectivity index (χ0n) is 14.4. The number of fused-ring (bicyclic) bond motifs is 1. The van der Waals surface area contributed by atoms with Gasteiger partial charge < -0.3 is 0 Å². The van der Waals surface area contributed by atoms with E-state index in [9.17, 15) is 14.4 Å². The standard InChI is InChI=1S/C20H21ClN2O3/c21-13-4-1-11(2-5-13)7-8-22-16(24)10-17(25)23(20(22)26)15-9-12-3-6-14-18(12)19(14)15/h1-2,4-5,12,14-15,18-19H,3,6-10H2. The molecule has 0 aromatic heterocycles. The van der Waals surface area contributed by atoms with Crippen molar-refractivity contribution in [2.75, 3.05) is 6.54 Å². The van der Waals surface area contributed by atoms with Crippen LogP contribution in [0.25, 0.3) is 0 Å². The number of nitrogens with zero attached hydrogens (tertiary/aromatic N) is 2. The molecular weight excluding hydrogens is 352 g/mol. The Bertz CT molecular complexity index is 793. The number of carbonyl (C=O) groups is 3. The van der Waals surface area contributed by atoms with Gasteiger partial charge in [-0.1, -0.05) is 23.7 Å². The van der Waals surface area contributed by atoms with Crippen molar-refractivity contribution in [3.63, 3.8) is 0 Å². The molecule has 1 heterocycles. The Labute approximate surface area is 157 Å². The molecule has 0 spiro atoms. The molecule has 4 amide bonds. The fraction of sp³-hybridized carbons (Fsp3) is 0.550. The lowest BCUT2D eigenvalue weighted by Gasteiger charge is -2.37. The van der Waals surface area contributed by atoms with Gasteiger partial charge in [0.15, 0.2) is 0 Å². The van der Waals surface area contributed by atoms with Gasteiger partial charge in [-0.3, -0.25) is 19.4 Å². The average molecular weight is 373 g/mol. The minimum absolute atomic E-state index is 0.0173. The first kappa shape index (κ1) is 16.3. The summed E-state index contributed by atoms with van der Waals surface area (Å²) in [4.78, 5) is 40.5. The molecule has 0 N–H and O–H groups in total. The van der Waals surface area contributed by atoms with Crippen molar-refractivity contribution in [3.8, 4) is 0 Å². The number of hydrogen-bond acceptors (Lipinski definition) is 3. The van der Waals surface area contributed by atoms with Gasteiger partial charge in [-0.2, -0.15) is 0 Å². The Kier molecular flexibility index (Phi) is 3.64. The molecule has 3 aliphatic carbocycles. The van der Waals surface area contributed by atoms with E-state index in [-0.39, 0.29) is 24.3 Å². The van der Waals surface area contributed by atoms with Gasteiger partial charge in [0.2, 0.25) is 11.8 Å². The van der Waals surface area contributed by atoms with Gasteiger partial charge in [-0.15, -0.1) is 0 Å². The zero-order chi connectivity index (χ0) is 18.0. The van der Waals surface area contributed by atoms with Crippen LogP contribution in [0.3, 0.4) is 0 Å². The Balaban J connectivity index is 1.32. The minimum Gasteiger partial charge on any atom is -0.274 e. The van der Waals surface area contributed by atoms with Gasteiger partial charge in [0, 0.05) is 17.6 Å². The number of hydrogen-bond donors (Lipinski definition) is 0. The molecule has 5 nitrogen and oxygen atoms in total. The molecule has 3 saturated carbocycles. The maximum atomic E-state index is 13.0. The minimum atomic E-state index is -0.405. The molecule has 4 fully saturated rings. The van der Waals surface area contributed by atoms with Crippen LogP contribution in [0.4, 0.5) is 4.79 Å². The van der Waals surface area contributed by atoms with E-state index in [4.69, 9.17) is 11.6 Å². The highest BCUT2D eigenvalue weighted by Gasteiger charge is 2.68. The van der Waals surface area contributed by atoms with Gasteiger partial charge in [-0.05, 0) is 67.1 Å². The second-order valence-electron chi connectivity index (χ2n) is 8.10. The molecule has 1 aromatic rings. The fourth-order valence-electron chi connectivity index (χ4n) is 5.73. The summed E-state index contributed by atoms with van der Waals surface area (Å²) >= 11 is 5.90. The maximum absolute atomic E-state index is 13.0. The van der Waals surface area contributed by atoms with Crippen molar-refractivity contribution in [2.45, 2.75) is 38.1 Å². The Morgan fingerprint density at radius 3 is 2.46 bits per heavy atom. The molecule has 0 radical (unpaired) electrons. The van der Waals surface area contributed by atoms with Crippen LogP contribution in [0.2, 0.25) is 5.02 Å². The maximum Gasteiger partial charge on any atom is 0.333 e. The molecule has 1 saturated heterocycles. The molecule has 26 heavy (non-hydrogen) atoms. The summed E-state index contributed by atoms with van der Waals surface area (Å²) in [7, 11) is 0. The smallest absolute Gasteiger partial charge is 0.274 e. The first-order valence-corrected chi connectivity index (χ1v) is 9.83. The van der Waals surface area contributed by atoms with E-state index in [1.54, 1.807) is 12.1 Å². The molecule has 5 rings (SSSR count). The van der Waals surface area contributed by atoms with Crippen LogP contribution < -0.4 is 0 Å². The highest BCUT2D eigenvalue weighted by atomic mass is 35.5. The van der Waals surface area contributed by atoms with Crippen molar-refractivity contribution >= 4 is 29.4 Å². The van der Waals surface area contributed by atoms with E-state index in [1.165, 1.54) is 22.6 Å². The van der Waals surface area contributed by atoms with E-state index in [0.717, 1.165) is 17.9 Å². The summed E-state index contributed by atoms with van der Waals surface area (Å²) in [6, 6.07) is 7.00. The third kappa shape index (κ3) is 2.40. The molecule has 5 unspecified atom stereocenters. The van der Waals surface area contributed by atoms with E-state index in [2.05, 4.69) is 0 Å². The second kappa shape index (κ2) is 5.81. The summed E-state index contributed by atoms with van der Waals surface area (Å²) < 4.78 is 0. The van der Waals surface area contributed by atoms with Crippen molar-refractivity contribution < 1.29 is 14.4 Å². The second-order valence-corrected chi connectivity index (χ2v) is 8.54. The topological polar surface area (TPSA) is 57.7 Å². The third-order valence-corrected chi connectivity index (χ3v) is 7.13. The number of amides is 4. The summed E-state index contributed by atoms with van der Waals surface area (Å²) in [6.07, 6.45) is 3.79. The average Bonchev–Trinajstić information content (AvgIpc) is 3.07. The number of benzene rings is 1. The monoisotopic (exact) mass is 372 g/mol. The Hall–Kier alpha value is -1.88. The van der Waals surface area contributed by atoms with Gasteiger partial charge in [0.1, 0.15) is 6.42 Å². The number of halogens is 1. The van der Waals surface area contributed by atoms with Gasteiger partial charge >= 0.3 is 6.03 Å². The fourth-order valence-corrected chi connectivity index (χ4v) is 5.86. The number of imide groups is 2. The van der Waals surface area contributed by atoms with Crippen LogP contribution in [0, 0.1) is 23.7 Å². The van der Waals surface area contributed by atoms with Gasteiger partial charge in [0.25, 0.3) is 0 Å². The van der Waals surface area contributed by atoms with E-state index in [0.29, 0.717) is 35.7 Å². The number of rotatable bonds is 4. The highest BCUT2D eigenvalue weighted by Crippen LogP contribution is 2.69. The van der Waals surface area contributed by atoms with Crippen LogP contribution in [0.15, 0.2) is 24.3 Å². The molecule has 4 aliphatic rings. The number of urea groups is 1. The zero-order valence-corrected chi connectivity index (χ0v) is 15.2. The van der Waals surface area contributed by atoms with Crippen LogP contribution in [-0.4, -0.2) is 40.2 Å². The van der Waals surface area contributed by atoms with Gasteiger partial charge in [0.05, 0.1) is 0 Å².